The fraction of sp³-hybridized carbons (Fsp3) is 0.750. The van der Waals surface area contributed by atoms with Gasteiger partial charge in [0.25, 0.3) is 0 Å². The van der Waals surface area contributed by atoms with Crippen LogP contribution in [0.5, 0.6) is 0 Å². The van der Waals surface area contributed by atoms with E-state index < -0.39 is 9.84 Å². The SMILES string of the molecule is CC(=O)SCS(C)(=O)=O. The number of rotatable bonds is 2. The average Bonchev–Trinajstić information content (AvgIpc) is 1.59. The van der Waals surface area contributed by atoms with Crippen molar-refractivity contribution in [2.24, 2.45) is 0 Å². The summed E-state index contributed by atoms with van der Waals surface area (Å²) in [5.74, 6) is 0. The van der Waals surface area contributed by atoms with E-state index in [1.807, 2.05) is 0 Å². The van der Waals surface area contributed by atoms with Crippen molar-refractivity contribution in [1.29, 1.82) is 0 Å². The summed E-state index contributed by atoms with van der Waals surface area (Å²) in [6.45, 7) is 1.34. The van der Waals surface area contributed by atoms with Gasteiger partial charge in [0.15, 0.2) is 15.0 Å². The molecule has 0 heterocycles. The van der Waals surface area contributed by atoms with Gasteiger partial charge in [-0.1, -0.05) is 11.8 Å². The van der Waals surface area contributed by atoms with E-state index in [1.54, 1.807) is 0 Å². The third-order valence-electron chi connectivity index (χ3n) is 0.476. The van der Waals surface area contributed by atoms with Gasteiger partial charge in [0.2, 0.25) is 0 Å². The monoisotopic (exact) mass is 168 g/mol. The highest BCUT2D eigenvalue weighted by atomic mass is 32.3. The van der Waals surface area contributed by atoms with Crippen molar-refractivity contribution in [3.8, 4) is 0 Å². The molecule has 9 heavy (non-hydrogen) atoms. The molecule has 0 saturated carbocycles. The van der Waals surface area contributed by atoms with Crippen LogP contribution in [0.4, 0.5) is 0 Å². The van der Waals surface area contributed by atoms with E-state index in [0.29, 0.717) is 0 Å². The maximum atomic E-state index is 10.4. The zero-order chi connectivity index (χ0) is 7.49. The first kappa shape index (κ1) is 8.97. The van der Waals surface area contributed by atoms with Crippen molar-refractivity contribution >= 4 is 26.7 Å². The fourth-order valence-corrected chi connectivity index (χ4v) is 1.71. The van der Waals surface area contributed by atoms with Crippen LogP contribution in [0, 0.1) is 0 Å². The molecule has 0 aromatic heterocycles. The lowest BCUT2D eigenvalue weighted by Gasteiger charge is -1.91. The third-order valence-corrected chi connectivity index (χ3v) is 3.07. The van der Waals surface area contributed by atoms with Crippen LogP contribution < -0.4 is 0 Å². The largest absolute Gasteiger partial charge is 0.288 e. The molecule has 0 aliphatic heterocycles. The second-order valence-electron chi connectivity index (χ2n) is 1.68. The minimum atomic E-state index is -2.98. The summed E-state index contributed by atoms with van der Waals surface area (Å²) in [5.41, 5.74) is 0. The highest BCUT2D eigenvalue weighted by molar-refractivity contribution is 8.21. The quantitative estimate of drug-likeness (QED) is 0.594. The molecule has 0 bridgehead atoms. The molecule has 3 nitrogen and oxygen atoms in total. The molecule has 0 amide bonds. The Morgan fingerprint density at radius 3 is 2.11 bits per heavy atom. The van der Waals surface area contributed by atoms with E-state index in [1.165, 1.54) is 6.92 Å². The lowest BCUT2D eigenvalue weighted by atomic mass is 10.9. The second kappa shape index (κ2) is 3.22. The van der Waals surface area contributed by atoms with Crippen molar-refractivity contribution < 1.29 is 13.2 Å². The van der Waals surface area contributed by atoms with Gasteiger partial charge in [-0.3, -0.25) is 4.79 Å². The van der Waals surface area contributed by atoms with Crippen LogP contribution in [-0.4, -0.2) is 24.9 Å². The number of sulfone groups is 1. The summed E-state index contributed by atoms with van der Waals surface area (Å²) >= 11 is 0.811. The normalized spacial score (nSPS) is 11.3. The van der Waals surface area contributed by atoms with E-state index in [2.05, 4.69) is 0 Å². The molecular weight excluding hydrogens is 160 g/mol. The number of carbonyl (C=O) groups excluding carboxylic acids is 1. The zero-order valence-corrected chi connectivity index (χ0v) is 6.88. The van der Waals surface area contributed by atoms with Gasteiger partial charge in [0.05, 0.1) is 0 Å². The Morgan fingerprint density at radius 2 is 2.00 bits per heavy atom. The predicted molar refractivity (Wildman–Crippen MR) is 38.0 cm³/mol. The van der Waals surface area contributed by atoms with Gasteiger partial charge in [0, 0.05) is 13.2 Å². The Bertz CT molecular complexity index is 192. The highest BCUT2D eigenvalue weighted by Gasteiger charge is 2.03. The molecule has 0 fully saturated rings. The molecule has 0 N–H and O–H groups in total. The van der Waals surface area contributed by atoms with Gasteiger partial charge in [-0.05, 0) is 0 Å². The Morgan fingerprint density at radius 1 is 1.56 bits per heavy atom. The van der Waals surface area contributed by atoms with Crippen molar-refractivity contribution in [3.05, 3.63) is 0 Å². The molecule has 0 aliphatic rings. The van der Waals surface area contributed by atoms with Crippen LogP contribution in [0.2, 0.25) is 0 Å². The molecule has 0 aromatic carbocycles. The third kappa shape index (κ3) is 7.97. The topological polar surface area (TPSA) is 51.2 Å². The van der Waals surface area contributed by atoms with E-state index in [4.69, 9.17) is 0 Å². The first-order valence-electron chi connectivity index (χ1n) is 2.23. The summed E-state index contributed by atoms with van der Waals surface area (Å²) in [4.78, 5) is 10.2. The van der Waals surface area contributed by atoms with Crippen LogP contribution in [-0.2, 0) is 14.6 Å². The highest BCUT2D eigenvalue weighted by Crippen LogP contribution is 2.03. The summed E-state index contributed by atoms with van der Waals surface area (Å²) in [6, 6.07) is 0. The lowest BCUT2D eigenvalue weighted by molar-refractivity contribution is -0.109. The van der Waals surface area contributed by atoms with Crippen molar-refractivity contribution in [1.82, 2.24) is 0 Å². The fourth-order valence-electron chi connectivity index (χ4n) is 0.190. The van der Waals surface area contributed by atoms with Gasteiger partial charge in [-0.15, -0.1) is 0 Å². The van der Waals surface area contributed by atoms with Gasteiger partial charge >= 0.3 is 0 Å². The van der Waals surface area contributed by atoms with Crippen LogP contribution >= 0.6 is 11.8 Å². The maximum absolute atomic E-state index is 10.4. The minimum absolute atomic E-state index is 0.109. The first-order valence-corrected chi connectivity index (χ1v) is 5.27. The smallest absolute Gasteiger partial charge is 0.186 e. The Balaban J connectivity index is 3.67. The second-order valence-corrected chi connectivity index (χ2v) is 5.34. The molecule has 0 unspecified atom stereocenters. The first-order chi connectivity index (χ1) is 3.92. The van der Waals surface area contributed by atoms with Gasteiger partial charge < -0.3 is 0 Å². The van der Waals surface area contributed by atoms with Crippen LogP contribution in [0.15, 0.2) is 0 Å². The molecule has 0 spiro atoms. The average molecular weight is 168 g/mol. The molecule has 0 saturated heterocycles. The van der Waals surface area contributed by atoms with Crippen molar-refractivity contribution in [2.75, 3.05) is 11.3 Å². The van der Waals surface area contributed by atoms with E-state index in [9.17, 15) is 13.2 Å². The molecule has 5 heteroatoms. The maximum Gasteiger partial charge on any atom is 0.186 e. The lowest BCUT2D eigenvalue weighted by Crippen LogP contribution is -2.00. The minimum Gasteiger partial charge on any atom is -0.288 e. The van der Waals surface area contributed by atoms with Crippen LogP contribution in [0.3, 0.4) is 0 Å². The van der Waals surface area contributed by atoms with Gasteiger partial charge in [-0.2, -0.15) is 0 Å². The Labute approximate surface area is 58.7 Å². The summed E-state index contributed by atoms with van der Waals surface area (Å²) in [5, 5.41) is -0.275. The summed E-state index contributed by atoms with van der Waals surface area (Å²) in [6.07, 6.45) is 1.10. The van der Waals surface area contributed by atoms with Crippen LogP contribution in [0.1, 0.15) is 6.92 Å². The molecule has 0 aromatic rings. The molecule has 0 atom stereocenters. The van der Waals surface area contributed by atoms with Crippen molar-refractivity contribution in [2.45, 2.75) is 6.92 Å². The van der Waals surface area contributed by atoms with Gasteiger partial charge in [0.1, 0.15) is 5.08 Å². The number of thioether (sulfide) groups is 1. The van der Waals surface area contributed by atoms with E-state index >= 15 is 0 Å². The molecule has 0 aliphatic carbocycles. The molecular formula is C4H8O3S2. The van der Waals surface area contributed by atoms with Gasteiger partial charge in [-0.25, -0.2) is 8.42 Å². The molecule has 0 radical (unpaired) electrons. The number of hydrogen-bond acceptors (Lipinski definition) is 4. The zero-order valence-electron chi connectivity index (χ0n) is 5.25. The Hall–Kier alpha value is -0.0300. The summed E-state index contributed by atoms with van der Waals surface area (Å²) < 4.78 is 20.7. The molecule has 0 rings (SSSR count). The predicted octanol–water partition coefficient (Wildman–Crippen LogP) is 0.268. The number of carbonyl (C=O) groups is 1. The number of hydrogen-bond donors (Lipinski definition) is 0. The van der Waals surface area contributed by atoms with E-state index in [-0.39, 0.29) is 10.2 Å². The van der Waals surface area contributed by atoms with Crippen LogP contribution in [0.25, 0.3) is 0 Å². The van der Waals surface area contributed by atoms with E-state index in [0.717, 1.165) is 18.0 Å². The Kier molecular flexibility index (Phi) is 3.21. The summed E-state index contributed by atoms with van der Waals surface area (Å²) in [7, 11) is -2.98. The molecule has 54 valence electrons. The van der Waals surface area contributed by atoms with Crippen molar-refractivity contribution in [3.63, 3.8) is 0 Å². The standard InChI is InChI=1S/C4H8O3S2/c1-4(5)8-3-9(2,6)7/h3H2,1-2H3.